The highest BCUT2D eigenvalue weighted by atomic mass is 35.5. The number of piperazine rings is 1. The van der Waals surface area contributed by atoms with Gasteiger partial charge in [0.2, 0.25) is 10.0 Å². The monoisotopic (exact) mass is 611 g/mol. The molecule has 1 amide bonds. The molecule has 0 saturated carbocycles. The van der Waals surface area contributed by atoms with Crippen molar-refractivity contribution in [3.63, 3.8) is 0 Å². The summed E-state index contributed by atoms with van der Waals surface area (Å²) >= 11 is 6.33. The molecule has 2 heterocycles. The number of hydrogen-bond donors (Lipinski definition) is 2. The molecule has 0 unspecified atom stereocenters. The molecule has 5 rings (SSSR count). The molecule has 2 aromatic rings. The van der Waals surface area contributed by atoms with Crippen LogP contribution in [0.3, 0.4) is 0 Å². The predicted octanol–water partition coefficient (Wildman–Crippen LogP) is 3.67. The lowest BCUT2D eigenvalue weighted by Crippen LogP contribution is -2.59. The summed E-state index contributed by atoms with van der Waals surface area (Å²) in [6, 6.07) is 8.09. The highest BCUT2D eigenvalue weighted by Gasteiger charge is 2.47. The number of nitrogens with one attached hydrogen (secondary N) is 2. The molecule has 2 fully saturated rings. The van der Waals surface area contributed by atoms with Gasteiger partial charge < -0.3 is 15.0 Å². The van der Waals surface area contributed by atoms with Gasteiger partial charge in [0, 0.05) is 43.3 Å². The Morgan fingerprint density at radius 2 is 1.95 bits per heavy atom. The second kappa shape index (κ2) is 11.4. The molecule has 0 aromatic heterocycles. The number of carbonyl (C=O) groups is 1. The molecule has 0 spiro atoms. The fourth-order valence-electron chi connectivity index (χ4n) is 5.84. The second-order valence-corrected chi connectivity index (χ2v) is 12.7. The van der Waals surface area contributed by atoms with Crippen LogP contribution in [0, 0.1) is 6.57 Å². The first kappa shape index (κ1) is 29.6. The van der Waals surface area contributed by atoms with E-state index >= 15 is 0 Å². The van der Waals surface area contributed by atoms with E-state index in [9.17, 15) is 26.4 Å². The molecule has 41 heavy (non-hydrogen) atoms. The van der Waals surface area contributed by atoms with Gasteiger partial charge >= 0.3 is 12.1 Å². The normalized spacial score (nSPS) is 25.1. The first-order chi connectivity index (χ1) is 19.4. The van der Waals surface area contributed by atoms with Crippen LogP contribution in [0.15, 0.2) is 41.3 Å². The third kappa shape index (κ3) is 6.17. The Morgan fingerprint density at radius 1 is 1.22 bits per heavy atom. The van der Waals surface area contributed by atoms with Crippen molar-refractivity contribution in [3.05, 3.63) is 64.0 Å². The fraction of sp³-hybridized carbons (Fsp3) is 0.481. The molecule has 0 radical (unpaired) electrons. The Hall–Kier alpha value is -2.89. The largest absolute Gasteiger partial charge is 0.484 e. The minimum absolute atomic E-state index is 0.0951. The van der Waals surface area contributed by atoms with Crippen LogP contribution >= 0.6 is 11.6 Å². The van der Waals surface area contributed by atoms with E-state index in [1.807, 2.05) is 4.90 Å². The summed E-state index contributed by atoms with van der Waals surface area (Å²) in [5.41, 5.74) is 1.81. The lowest BCUT2D eigenvalue weighted by atomic mass is 10.1. The minimum Gasteiger partial charge on any atom is -0.484 e. The van der Waals surface area contributed by atoms with Crippen LogP contribution in [0.5, 0.6) is 5.75 Å². The van der Waals surface area contributed by atoms with E-state index < -0.39 is 34.3 Å². The molecule has 0 bridgehead atoms. The molecule has 220 valence electrons. The van der Waals surface area contributed by atoms with Gasteiger partial charge in [-0.05, 0) is 73.8 Å². The summed E-state index contributed by atoms with van der Waals surface area (Å²) in [5, 5.41) is 3.47. The van der Waals surface area contributed by atoms with Crippen LogP contribution in [0.4, 0.5) is 18.9 Å². The molecule has 2 aromatic carbocycles. The zero-order valence-electron chi connectivity index (χ0n) is 22.1. The van der Waals surface area contributed by atoms with Gasteiger partial charge in [0.25, 0.3) is 0 Å². The van der Waals surface area contributed by atoms with Crippen molar-refractivity contribution in [1.29, 1.82) is 0 Å². The Morgan fingerprint density at radius 3 is 2.56 bits per heavy atom. The summed E-state index contributed by atoms with van der Waals surface area (Å²) in [4.78, 5) is 18.4. The van der Waals surface area contributed by atoms with Crippen LogP contribution in [0.2, 0.25) is 5.02 Å². The molecule has 3 aliphatic rings. The fourth-order valence-corrected chi connectivity index (χ4v) is 7.33. The van der Waals surface area contributed by atoms with E-state index in [2.05, 4.69) is 14.9 Å². The number of amides is 1. The highest BCUT2D eigenvalue weighted by molar-refractivity contribution is 7.89. The number of sulfonamides is 1. The minimum atomic E-state index is -4.95. The number of nitrogens with zero attached hydrogens (tertiary/aromatic N) is 3. The molecular weight excluding hydrogens is 583 g/mol. The quantitative estimate of drug-likeness (QED) is 0.484. The number of halogens is 4. The van der Waals surface area contributed by atoms with Gasteiger partial charge in [0.15, 0.2) is 5.69 Å². The number of benzene rings is 2. The van der Waals surface area contributed by atoms with Crippen LogP contribution < -0.4 is 14.8 Å². The second-order valence-electron chi connectivity index (χ2n) is 10.5. The van der Waals surface area contributed by atoms with Crippen molar-refractivity contribution in [2.75, 3.05) is 32.7 Å². The predicted molar refractivity (Wildman–Crippen MR) is 145 cm³/mol. The van der Waals surface area contributed by atoms with Crippen LogP contribution in [-0.2, 0) is 21.2 Å². The van der Waals surface area contributed by atoms with Crippen molar-refractivity contribution >= 4 is 33.2 Å². The Labute approximate surface area is 241 Å². The Bertz CT molecular complexity index is 1460. The van der Waals surface area contributed by atoms with Crippen LogP contribution in [-0.4, -0.2) is 81.2 Å². The SMILES string of the molecule is [C-]#[N+]c1cc(Cl)cc2c1C[C@H](N1CCN(C(=O)C(F)(F)F)[C@H](C)C1)[C@H]2Oc1ccc(S(=O)(=O)N[C@H]2CCNC2)cc1. The zero-order valence-corrected chi connectivity index (χ0v) is 23.7. The average Bonchev–Trinajstić information content (AvgIpc) is 3.55. The lowest BCUT2D eigenvalue weighted by molar-refractivity contribution is -0.190. The molecule has 2 N–H and O–H groups in total. The van der Waals surface area contributed by atoms with E-state index in [-0.39, 0.29) is 36.6 Å². The maximum atomic E-state index is 13.1. The van der Waals surface area contributed by atoms with Crippen LogP contribution in [0.1, 0.15) is 30.6 Å². The van der Waals surface area contributed by atoms with Crippen LogP contribution in [0.25, 0.3) is 4.85 Å². The van der Waals surface area contributed by atoms with Crippen molar-refractivity contribution in [2.24, 2.45) is 0 Å². The number of ether oxygens (including phenoxy) is 1. The first-order valence-electron chi connectivity index (χ1n) is 13.2. The number of rotatable bonds is 6. The van der Waals surface area contributed by atoms with Gasteiger partial charge in [0.1, 0.15) is 11.9 Å². The molecule has 4 atom stereocenters. The van der Waals surface area contributed by atoms with Gasteiger partial charge in [-0.1, -0.05) is 11.6 Å². The summed E-state index contributed by atoms with van der Waals surface area (Å²) in [6.45, 7) is 10.8. The van der Waals surface area contributed by atoms with E-state index in [1.165, 1.54) is 12.1 Å². The summed E-state index contributed by atoms with van der Waals surface area (Å²) in [7, 11) is -3.72. The lowest BCUT2D eigenvalue weighted by Gasteiger charge is -2.43. The van der Waals surface area contributed by atoms with Crippen molar-refractivity contribution < 1.29 is 31.1 Å². The maximum absolute atomic E-state index is 13.1. The van der Waals surface area contributed by atoms with Crippen molar-refractivity contribution in [2.45, 2.75) is 55.1 Å². The van der Waals surface area contributed by atoms with Gasteiger partial charge in [-0.15, -0.1) is 0 Å². The van der Waals surface area contributed by atoms with E-state index in [4.69, 9.17) is 22.9 Å². The Kier molecular flexibility index (Phi) is 8.24. The standard InChI is InChI=1S/C27H29ClF3N5O4S/c1-16-15-35(9-10-36(16)26(37)27(29,30)31)24-13-21-22(11-17(28)12-23(21)32-2)25(24)40-19-3-5-20(6-4-19)41(38,39)34-18-7-8-33-14-18/h3-6,11-12,16,18,24-25,33-34H,7-10,13-15H2,1H3/t16-,18+,24+,25+/m1/s1. The summed E-state index contributed by atoms with van der Waals surface area (Å²) < 4.78 is 74.0. The molecule has 1 aliphatic carbocycles. The van der Waals surface area contributed by atoms with Gasteiger partial charge in [-0.3, -0.25) is 9.69 Å². The van der Waals surface area contributed by atoms with Gasteiger partial charge in [-0.25, -0.2) is 18.0 Å². The van der Waals surface area contributed by atoms with Gasteiger partial charge in [-0.2, -0.15) is 13.2 Å². The van der Waals surface area contributed by atoms with Crippen molar-refractivity contribution in [1.82, 2.24) is 19.8 Å². The average molecular weight is 612 g/mol. The summed E-state index contributed by atoms with van der Waals surface area (Å²) in [5.74, 6) is -1.47. The number of carbonyl (C=O) groups excluding carboxylic acids is 1. The summed E-state index contributed by atoms with van der Waals surface area (Å²) in [6.07, 6.45) is -4.47. The zero-order chi connectivity index (χ0) is 29.5. The third-order valence-electron chi connectivity index (χ3n) is 7.83. The van der Waals surface area contributed by atoms with Crippen molar-refractivity contribution in [3.8, 4) is 5.75 Å². The number of fused-ring (bicyclic) bond motifs is 1. The molecular formula is C27H29ClF3N5O4S. The first-order valence-corrected chi connectivity index (χ1v) is 15.0. The topological polar surface area (TPSA) is 95.3 Å². The highest BCUT2D eigenvalue weighted by Crippen LogP contribution is 2.44. The van der Waals surface area contributed by atoms with E-state index in [0.29, 0.717) is 41.4 Å². The van der Waals surface area contributed by atoms with E-state index in [0.717, 1.165) is 17.0 Å². The smallest absolute Gasteiger partial charge is 0.471 e. The molecule has 9 nitrogen and oxygen atoms in total. The molecule has 2 aliphatic heterocycles. The third-order valence-corrected chi connectivity index (χ3v) is 9.58. The Balaban J connectivity index is 1.39. The molecule has 14 heteroatoms. The maximum Gasteiger partial charge on any atom is 0.471 e. The van der Waals surface area contributed by atoms with Gasteiger partial charge in [0.05, 0.1) is 17.5 Å². The van der Waals surface area contributed by atoms with E-state index in [1.54, 1.807) is 31.2 Å². The number of hydrogen-bond acceptors (Lipinski definition) is 6. The number of alkyl halides is 3. The molecule has 2 saturated heterocycles.